The number of hydrogen-bond donors (Lipinski definition) is 2. The molecule has 1 atom stereocenters. The summed E-state index contributed by atoms with van der Waals surface area (Å²) in [5.74, 6) is -0.808. The number of thiazole rings is 1. The fraction of sp³-hybridized carbons (Fsp3) is 0.615. The van der Waals surface area contributed by atoms with E-state index in [0.717, 1.165) is 11.4 Å². The second-order valence-corrected chi connectivity index (χ2v) is 6.03. The van der Waals surface area contributed by atoms with Crippen LogP contribution in [0.2, 0.25) is 0 Å². The molecule has 0 radical (unpaired) electrons. The van der Waals surface area contributed by atoms with Crippen LogP contribution in [0.3, 0.4) is 0 Å². The zero-order chi connectivity index (χ0) is 14.6. The smallest absolute Gasteiger partial charge is 0.317 e. The van der Waals surface area contributed by atoms with Crippen LogP contribution in [0.1, 0.15) is 31.2 Å². The molecule has 1 aliphatic heterocycles. The lowest BCUT2D eigenvalue weighted by molar-refractivity contribution is -0.152. The Labute approximate surface area is 121 Å². The molecular weight excluding hydrogens is 278 g/mol. The Morgan fingerprint density at radius 2 is 2.40 bits per heavy atom. The summed E-state index contributed by atoms with van der Waals surface area (Å²) in [4.78, 5) is 29.3. The molecular formula is C13H19N3O3S. The van der Waals surface area contributed by atoms with Gasteiger partial charge in [-0.25, -0.2) is 9.78 Å². The number of carbonyl (C=O) groups is 2. The number of aromatic nitrogens is 1. The van der Waals surface area contributed by atoms with Gasteiger partial charge in [0, 0.05) is 24.7 Å². The second kappa shape index (κ2) is 6.21. The molecule has 7 heteroatoms. The number of amides is 2. The summed E-state index contributed by atoms with van der Waals surface area (Å²) in [6.07, 6.45) is 3.60. The van der Waals surface area contributed by atoms with E-state index in [1.54, 1.807) is 11.1 Å². The van der Waals surface area contributed by atoms with Gasteiger partial charge in [-0.3, -0.25) is 4.79 Å². The largest absolute Gasteiger partial charge is 0.481 e. The summed E-state index contributed by atoms with van der Waals surface area (Å²) in [7, 11) is 0. The highest BCUT2D eigenvalue weighted by molar-refractivity contribution is 7.09. The number of piperidine rings is 1. The van der Waals surface area contributed by atoms with E-state index in [2.05, 4.69) is 10.3 Å². The number of nitrogens with zero attached hydrogens (tertiary/aromatic N) is 2. The van der Waals surface area contributed by atoms with Gasteiger partial charge in [-0.1, -0.05) is 6.92 Å². The lowest BCUT2D eigenvalue weighted by Crippen LogP contribution is -2.52. The van der Waals surface area contributed by atoms with E-state index in [1.807, 2.05) is 12.3 Å². The van der Waals surface area contributed by atoms with Crippen molar-refractivity contribution < 1.29 is 14.7 Å². The van der Waals surface area contributed by atoms with E-state index >= 15 is 0 Å². The number of urea groups is 1. The van der Waals surface area contributed by atoms with E-state index < -0.39 is 11.4 Å². The maximum Gasteiger partial charge on any atom is 0.317 e. The molecule has 2 amide bonds. The van der Waals surface area contributed by atoms with E-state index in [-0.39, 0.29) is 12.6 Å². The molecule has 6 nitrogen and oxygen atoms in total. The molecule has 0 spiro atoms. The van der Waals surface area contributed by atoms with Crippen LogP contribution in [0.25, 0.3) is 0 Å². The maximum atomic E-state index is 12.1. The molecule has 1 aliphatic rings. The number of carboxylic acid groups (broad SMARTS) is 1. The topological polar surface area (TPSA) is 82.5 Å². The van der Waals surface area contributed by atoms with Crippen molar-refractivity contribution in [3.8, 4) is 0 Å². The summed E-state index contributed by atoms with van der Waals surface area (Å²) < 4.78 is 0. The average molecular weight is 297 g/mol. The van der Waals surface area contributed by atoms with Crippen molar-refractivity contribution in [3.05, 3.63) is 16.6 Å². The maximum absolute atomic E-state index is 12.1. The summed E-state index contributed by atoms with van der Waals surface area (Å²) in [5, 5.41) is 14.9. The normalized spacial score (nSPS) is 22.6. The molecule has 0 aliphatic carbocycles. The van der Waals surface area contributed by atoms with Gasteiger partial charge < -0.3 is 15.3 Å². The number of likely N-dealkylation sites (tertiary alicyclic amines) is 1. The molecule has 1 unspecified atom stereocenters. The molecule has 2 N–H and O–H groups in total. The highest BCUT2D eigenvalue weighted by Gasteiger charge is 2.42. The number of carbonyl (C=O) groups excluding carboxylic acids is 1. The first-order chi connectivity index (χ1) is 9.57. The number of carboxylic acids is 1. The van der Waals surface area contributed by atoms with Gasteiger partial charge in [-0.2, -0.15) is 0 Å². The first kappa shape index (κ1) is 14.8. The molecule has 0 aromatic carbocycles. The minimum Gasteiger partial charge on any atom is -0.481 e. The average Bonchev–Trinajstić information content (AvgIpc) is 2.97. The van der Waals surface area contributed by atoms with Crippen LogP contribution in [-0.2, 0) is 11.3 Å². The van der Waals surface area contributed by atoms with Crippen molar-refractivity contribution in [1.29, 1.82) is 0 Å². The highest BCUT2D eigenvalue weighted by atomic mass is 32.1. The Balaban J connectivity index is 1.94. The first-order valence-corrected chi connectivity index (χ1v) is 7.60. The number of aliphatic carboxylic acids is 1. The fourth-order valence-electron chi connectivity index (χ4n) is 2.52. The Bertz CT molecular complexity index is 477. The van der Waals surface area contributed by atoms with Gasteiger partial charge in [-0.15, -0.1) is 11.3 Å². The quantitative estimate of drug-likeness (QED) is 0.889. The van der Waals surface area contributed by atoms with Gasteiger partial charge in [-0.05, 0) is 19.3 Å². The zero-order valence-corrected chi connectivity index (χ0v) is 12.3. The van der Waals surface area contributed by atoms with Gasteiger partial charge in [0.05, 0.1) is 12.0 Å². The molecule has 0 bridgehead atoms. The summed E-state index contributed by atoms with van der Waals surface area (Å²) in [5.41, 5.74) is -0.795. The SMILES string of the molecule is CCC1(C(=O)O)CCCN(C(=O)NCc2nccs2)C1. The molecule has 0 saturated carbocycles. The Morgan fingerprint density at radius 1 is 1.60 bits per heavy atom. The molecule has 1 aromatic heterocycles. The van der Waals surface area contributed by atoms with Gasteiger partial charge >= 0.3 is 12.0 Å². The number of nitrogens with one attached hydrogen (secondary N) is 1. The van der Waals surface area contributed by atoms with Crippen LogP contribution in [-0.4, -0.2) is 40.1 Å². The third-order valence-electron chi connectivity index (χ3n) is 3.87. The molecule has 1 saturated heterocycles. The van der Waals surface area contributed by atoms with Crippen LogP contribution in [0.5, 0.6) is 0 Å². The van der Waals surface area contributed by atoms with E-state index in [4.69, 9.17) is 0 Å². The summed E-state index contributed by atoms with van der Waals surface area (Å²) >= 11 is 1.48. The zero-order valence-electron chi connectivity index (χ0n) is 11.5. The van der Waals surface area contributed by atoms with E-state index in [9.17, 15) is 14.7 Å². The Morgan fingerprint density at radius 3 is 3.00 bits per heavy atom. The predicted molar refractivity (Wildman–Crippen MR) is 75.5 cm³/mol. The molecule has 20 heavy (non-hydrogen) atoms. The monoisotopic (exact) mass is 297 g/mol. The predicted octanol–water partition coefficient (Wildman–Crippen LogP) is 1.93. The Kier molecular flexibility index (Phi) is 4.59. The van der Waals surface area contributed by atoms with Crippen LogP contribution in [0.4, 0.5) is 4.79 Å². The third kappa shape index (κ3) is 3.09. The highest BCUT2D eigenvalue weighted by Crippen LogP contribution is 2.33. The van der Waals surface area contributed by atoms with Crippen molar-refractivity contribution in [2.75, 3.05) is 13.1 Å². The van der Waals surface area contributed by atoms with Crippen LogP contribution in [0, 0.1) is 5.41 Å². The van der Waals surface area contributed by atoms with Gasteiger partial charge in [0.1, 0.15) is 5.01 Å². The van der Waals surface area contributed by atoms with Crippen molar-refractivity contribution in [3.63, 3.8) is 0 Å². The fourth-order valence-corrected chi connectivity index (χ4v) is 3.08. The van der Waals surface area contributed by atoms with E-state index in [0.29, 0.717) is 25.9 Å². The second-order valence-electron chi connectivity index (χ2n) is 5.05. The minimum absolute atomic E-state index is 0.209. The first-order valence-electron chi connectivity index (χ1n) is 6.72. The number of hydrogen-bond acceptors (Lipinski definition) is 4. The molecule has 110 valence electrons. The molecule has 1 aromatic rings. The molecule has 1 fully saturated rings. The van der Waals surface area contributed by atoms with Crippen molar-refractivity contribution in [2.45, 2.75) is 32.7 Å². The number of rotatable bonds is 4. The van der Waals surface area contributed by atoms with Gasteiger partial charge in [0.2, 0.25) is 0 Å². The minimum atomic E-state index is -0.808. The lowest BCUT2D eigenvalue weighted by Gasteiger charge is -2.39. The van der Waals surface area contributed by atoms with Gasteiger partial charge in [0.25, 0.3) is 0 Å². The van der Waals surface area contributed by atoms with Crippen LogP contribution in [0.15, 0.2) is 11.6 Å². The van der Waals surface area contributed by atoms with Gasteiger partial charge in [0.15, 0.2) is 0 Å². The van der Waals surface area contributed by atoms with Crippen molar-refractivity contribution in [2.24, 2.45) is 5.41 Å². The molecule has 2 heterocycles. The summed E-state index contributed by atoms with van der Waals surface area (Å²) in [6, 6.07) is -0.209. The lowest BCUT2D eigenvalue weighted by atomic mass is 9.78. The van der Waals surface area contributed by atoms with Crippen LogP contribution < -0.4 is 5.32 Å². The Hall–Kier alpha value is -1.63. The molecule has 2 rings (SSSR count). The third-order valence-corrected chi connectivity index (χ3v) is 4.65. The standard InChI is InChI=1S/C13H19N3O3S/c1-2-13(11(17)18)4-3-6-16(9-13)12(19)15-8-10-14-5-7-20-10/h5,7H,2-4,6,8-9H2,1H3,(H,15,19)(H,17,18). The summed E-state index contributed by atoms with van der Waals surface area (Å²) in [6.45, 7) is 3.14. The van der Waals surface area contributed by atoms with Crippen molar-refractivity contribution in [1.82, 2.24) is 15.2 Å². The van der Waals surface area contributed by atoms with E-state index in [1.165, 1.54) is 11.3 Å². The van der Waals surface area contributed by atoms with Crippen LogP contribution >= 0.6 is 11.3 Å². The van der Waals surface area contributed by atoms with Crippen molar-refractivity contribution >= 4 is 23.3 Å².